The van der Waals surface area contributed by atoms with E-state index in [9.17, 15) is 27.8 Å². The molecule has 1 aliphatic heterocycles. The molecule has 3 aromatic rings. The molecule has 5 rings (SSSR count). The summed E-state index contributed by atoms with van der Waals surface area (Å²) in [6, 6.07) is 1.72. The van der Waals surface area contributed by atoms with Crippen molar-refractivity contribution in [2.24, 2.45) is 0 Å². The largest absolute Gasteiger partial charge is 0.394 e. The van der Waals surface area contributed by atoms with Crippen LogP contribution in [0.25, 0.3) is 11.3 Å². The van der Waals surface area contributed by atoms with Crippen molar-refractivity contribution >= 4 is 15.9 Å². The lowest BCUT2D eigenvalue weighted by Crippen LogP contribution is -2.57. The Kier molecular flexibility index (Phi) is 7.08. The highest BCUT2D eigenvalue weighted by atomic mass is 79.9. The van der Waals surface area contributed by atoms with Gasteiger partial charge in [0, 0.05) is 25.3 Å². The van der Waals surface area contributed by atoms with Crippen LogP contribution < -0.4 is 0 Å². The molecule has 0 amide bonds. The number of rotatable bonds is 8. The van der Waals surface area contributed by atoms with Gasteiger partial charge in [0.1, 0.15) is 35.6 Å². The number of aliphatic hydroxyl groups excluding tert-OH is 2. The molecule has 3 heterocycles. The highest BCUT2D eigenvalue weighted by Gasteiger charge is 2.54. The van der Waals surface area contributed by atoms with Crippen molar-refractivity contribution in [3.05, 3.63) is 46.3 Å². The predicted octanol–water partition coefficient (Wildman–Crippen LogP) is 2.25. The molecule has 2 N–H and O–H groups in total. The summed E-state index contributed by atoms with van der Waals surface area (Å²) in [5.41, 5.74) is -1.11. The Morgan fingerprint density at radius 2 is 1.92 bits per heavy atom. The van der Waals surface area contributed by atoms with Crippen molar-refractivity contribution in [1.82, 2.24) is 30.0 Å². The molecular formula is C22H23BrF4N6O4. The van der Waals surface area contributed by atoms with E-state index in [2.05, 4.69) is 36.6 Å². The van der Waals surface area contributed by atoms with Crippen molar-refractivity contribution < 1.29 is 37.2 Å². The first-order valence-electron chi connectivity index (χ1n) is 11.4. The van der Waals surface area contributed by atoms with Gasteiger partial charge in [0.15, 0.2) is 11.6 Å². The molecule has 1 saturated carbocycles. The fourth-order valence-electron chi connectivity index (χ4n) is 4.69. The molecule has 0 spiro atoms. The normalized spacial score (nSPS) is 27.1. The van der Waals surface area contributed by atoms with E-state index in [4.69, 9.17) is 9.47 Å². The second kappa shape index (κ2) is 10.0. The molecule has 0 radical (unpaired) electrons. The Balaban J connectivity index is 1.43. The highest BCUT2D eigenvalue weighted by Crippen LogP contribution is 2.48. The maximum Gasteiger partial charge on any atom is 0.263 e. The Morgan fingerprint density at radius 1 is 1.16 bits per heavy atom. The minimum Gasteiger partial charge on any atom is -0.394 e. The Morgan fingerprint density at radius 3 is 2.57 bits per heavy atom. The van der Waals surface area contributed by atoms with Crippen LogP contribution in [0.4, 0.5) is 17.6 Å². The molecule has 37 heavy (non-hydrogen) atoms. The minimum atomic E-state index is -2.58. The Bertz CT molecular complexity index is 1270. The standard InChI is InChI=1S/C22H23BrF4N6O4/c1-36-20-14(6-10-7-33(31-28-10)22(4-5-22)21(26)27)37-15(9-34)19(35)18(20)32-8-13(29-30-32)11-2-3-12(23)17(25)16(11)24/h2-3,7-8,14-15,18-21,34-35H,4-6,9H2,1H3/t14-,15-,18+,19+,20+/m1/s1. The van der Waals surface area contributed by atoms with Gasteiger partial charge >= 0.3 is 0 Å². The number of hydrogen-bond donors (Lipinski definition) is 2. The topological polar surface area (TPSA) is 120 Å². The number of hydrogen-bond acceptors (Lipinski definition) is 8. The molecule has 5 atom stereocenters. The quantitative estimate of drug-likeness (QED) is 0.303. The summed E-state index contributed by atoms with van der Waals surface area (Å²) in [4.78, 5) is 0. The van der Waals surface area contributed by atoms with Crippen LogP contribution in [0.5, 0.6) is 0 Å². The van der Waals surface area contributed by atoms with E-state index >= 15 is 0 Å². The van der Waals surface area contributed by atoms with E-state index in [0.29, 0.717) is 18.5 Å². The molecule has 1 aliphatic carbocycles. The predicted molar refractivity (Wildman–Crippen MR) is 122 cm³/mol. The van der Waals surface area contributed by atoms with Crippen molar-refractivity contribution in [1.29, 1.82) is 0 Å². The van der Waals surface area contributed by atoms with E-state index in [1.54, 1.807) is 0 Å². The SMILES string of the molecule is CO[C@@H]1[C@@H](n2cc(-c3ccc(Br)c(F)c3F)nn2)[C@@H](O)[C@@H](CO)O[C@@H]1Cc1cn(C2(C(F)F)CC2)nn1. The third-order valence-electron chi connectivity index (χ3n) is 6.94. The maximum atomic E-state index is 14.5. The van der Waals surface area contributed by atoms with Gasteiger partial charge in [0.05, 0.1) is 29.1 Å². The molecule has 10 nitrogen and oxygen atoms in total. The summed E-state index contributed by atoms with van der Waals surface area (Å²) >= 11 is 2.92. The number of alkyl halides is 2. The van der Waals surface area contributed by atoms with Gasteiger partial charge < -0.3 is 19.7 Å². The summed E-state index contributed by atoms with van der Waals surface area (Å²) in [5.74, 6) is -2.20. The zero-order valence-electron chi connectivity index (χ0n) is 19.4. The van der Waals surface area contributed by atoms with Gasteiger partial charge in [-0.2, -0.15) is 0 Å². The first-order valence-corrected chi connectivity index (χ1v) is 12.2. The zero-order chi connectivity index (χ0) is 26.5. The molecule has 1 saturated heterocycles. The number of methoxy groups -OCH3 is 1. The fraction of sp³-hybridized carbons (Fsp3) is 0.545. The molecule has 200 valence electrons. The zero-order valence-corrected chi connectivity index (χ0v) is 21.0. The third kappa shape index (κ3) is 4.56. The molecule has 15 heteroatoms. The van der Waals surface area contributed by atoms with E-state index in [-0.39, 0.29) is 22.2 Å². The second-order valence-corrected chi connectivity index (χ2v) is 10.0. The summed E-state index contributed by atoms with van der Waals surface area (Å²) in [5, 5.41) is 36.6. The summed E-state index contributed by atoms with van der Waals surface area (Å²) < 4.78 is 69.4. The minimum absolute atomic E-state index is 0.0132. The number of nitrogens with zero attached hydrogens (tertiary/aromatic N) is 6. The van der Waals surface area contributed by atoms with Crippen LogP contribution in [0.1, 0.15) is 24.6 Å². The lowest BCUT2D eigenvalue weighted by molar-refractivity contribution is -0.212. The molecule has 2 fully saturated rings. The van der Waals surface area contributed by atoms with Gasteiger partial charge in [-0.1, -0.05) is 10.4 Å². The summed E-state index contributed by atoms with van der Waals surface area (Å²) in [6.45, 7) is -0.542. The van der Waals surface area contributed by atoms with Crippen LogP contribution in [0.2, 0.25) is 0 Å². The fourth-order valence-corrected chi connectivity index (χ4v) is 5.00. The summed E-state index contributed by atoms with van der Waals surface area (Å²) in [7, 11) is 1.38. The first kappa shape index (κ1) is 26.2. The van der Waals surface area contributed by atoms with Crippen LogP contribution in [0.3, 0.4) is 0 Å². The number of benzene rings is 1. The molecule has 2 aliphatic rings. The maximum absolute atomic E-state index is 14.5. The van der Waals surface area contributed by atoms with Crippen LogP contribution >= 0.6 is 15.9 Å². The highest BCUT2D eigenvalue weighted by molar-refractivity contribution is 9.10. The van der Waals surface area contributed by atoms with Crippen molar-refractivity contribution in [2.75, 3.05) is 13.7 Å². The van der Waals surface area contributed by atoms with E-state index < -0.39 is 60.7 Å². The van der Waals surface area contributed by atoms with Crippen LogP contribution in [0.15, 0.2) is 29.0 Å². The average molecular weight is 591 g/mol. The average Bonchev–Trinajstić information content (AvgIpc) is 3.33. The van der Waals surface area contributed by atoms with Gasteiger partial charge in [-0.3, -0.25) is 0 Å². The number of aromatic nitrogens is 6. The van der Waals surface area contributed by atoms with Crippen LogP contribution in [-0.4, -0.2) is 84.8 Å². The van der Waals surface area contributed by atoms with Gasteiger partial charge in [0.25, 0.3) is 6.43 Å². The summed E-state index contributed by atoms with van der Waals surface area (Å²) in [6.07, 6.45) is -3.17. The van der Waals surface area contributed by atoms with Gasteiger partial charge in [-0.15, -0.1) is 10.2 Å². The van der Waals surface area contributed by atoms with Crippen molar-refractivity contribution in [3.8, 4) is 11.3 Å². The second-order valence-electron chi connectivity index (χ2n) is 9.15. The van der Waals surface area contributed by atoms with Crippen molar-refractivity contribution in [2.45, 2.75) is 61.7 Å². The number of ether oxygens (including phenoxy) is 2. The lowest BCUT2D eigenvalue weighted by atomic mass is 9.90. The van der Waals surface area contributed by atoms with Gasteiger partial charge in [0.2, 0.25) is 0 Å². The molecule has 0 unspecified atom stereocenters. The number of halogens is 5. The molecular weight excluding hydrogens is 568 g/mol. The smallest absolute Gasteiger partial charge is 0.263 e. The monoisotopic (exact) mass is 590 g/mol. The van der Waals surface area contributed by atoms with E-state index in [1.807, 2.05) is 0 Å². The van der Waals surface area contributed by atoms with Crippen molar-refractivity contribution in [3.63, 3.8) is 0 Å². The van der Waals surface area contributed by atoms with E-state index in [0.717, 1.165) is 0 Å². The molecule has 2 aromatic heterocycles. The Labute approximate surface area is 216 Å². The molecule has 1 aromatic carbocycles. The van der Waals surface area contributed by atoms with Gasteiger partial charge in [-0.05, 0) is 40.9 Å². The third-order valence-corrected chi connectivity index (χ3v) is 7.55. The number of aliphatic hydroxyl groups is 2. The van der Waals surface area contributed by atoms with Crippen LogP contribution in [-0.2, 0) is 21.4 Å². The van der Waals surface area contributed by atoms with Gasteiger partial charge in [-0.25, -0.2) is 26.9 Å². The Hall–Kier alpha value is -2.46. The first-order chi connectivity index (χ1) is 17.7. The molecule has 0 bridgehead atoms. The van der Waals surface area contributed by atoms with E-state index in [1.165, 1.54) is 41.0 Å². The lowest BCUT2D eigenvalue weighted by Gasteiger charge is -2.43. The van der Waals surface area contributed by atoms with Crippen LogP contribution in [0, 0.1) is 11.6 Å².